The van der Waals surface area contributed by atoms with Crippen molar-refractivity contribution in [3.8, 4) is 0 Å². The molecule has 4 bridgehead atoms. The van der Waals surface area contributed by atoms with Gasteiger partial charge in [0.25, 0.3) is 5.91 Å². The molecule has 2 saturated carbocycles. The molecular formula is C22H25Cl2N3O4. The van der Waals surface area contributed by atoms with Crippen molar-refractivity contribution in [3.05, 3.63) is 45.5 Å². The highest BCUT2D eigenvalue weighted by molar-refractivity contribution is 6.39. The molecule has 1 aromatic carbocycles. The van der Waals surface area contributed by atoms with Crippen LogP contribution in [-0.4, -0.2) is 41.6 Å². The highest BCUT2D eigenvalue weighted by Crippen LogP contribution is 2.48. The summed E-state index contributed by atoms with van der Waals surface area (Å²) in [6.07, 6.45) is 7.98. The van der Waals surface area contributed by atoms with Gasteiger partial charge in [0, 0.05) is 0 Å². The number of hydrogen-bond acceptors (Lipinski definition) is 3. The maximum atomic E-state index is 12.5. The quantitative estimate of drug-likeness (QED) is 0.481. The van der Waals surface area contributed by atoms with Crippen molar-refractivity contribution in [3.63, 3.8) is 0 Å². The van der Waals surface area contributed by atoms with Gasteiger partial charge in [0.1, 0.15) is 6.04 Å². The van der Waals surface area contributed by atoms with E-state index >= 15 is 0 Å². The van der Waals surface area contributed by atoms with Crippen LogP contribution in [0.5, 0.6) is 0 Å². The number of carbonyl (C=O) groups excluding carboxylic acids is 2. The zero-order valence-electron chi connectivity index (χ0n) is 16.9. The summed E-state index contributed by atoms with van der Waals surface area (Å²) in [6.45, 7) is -0.270. The van der Waals surface area contributed by atoms with E-state index in [0.717, 1.165) is 37.5 Å². The fourth-order valence-electron chi connectivity index (χ4n) is 5.30. The van der Waals surface area contributed by atoms with E-state index in [-0.39, 0.29) is 28.2 Å². The number of amides is 3. The molecule has 0 radical (unpaired) electrons. The molecular weight excluding hydrogens is 441 g/mol. The van der Waals surface area contributed by atoms with Crippen LogP contribution in [-0.2, 0) is 4.79 Å². The van der Waals surface area contributed by atoms with Gasteiger partial charge in [-0.25, -0.2) is 9.59 Å². The van der Waals surface area contributed by atoms with Crippen molar-refractivity contribution >= 4 is 41.1 Å². The Kier molecular flexibility index (Phi) is 6.44. The number of rotatable bonds is 6. The number of benzene rings is 1. The van der Waals surface area contributed by atoms with Crippen molar-refractivity contribution in [1.82, 2.24) is 16.0 Å². The molecule has 7 nitrogen and oxygen atoms in total. The molecule has 3 unspecified atom stereocenters. The largest absolute Gasteiger partial charge is 0.480 e. The van der Waals surface area contributed by atoms with Gasteiger partial charge in [-0.15, -0.1) is 0 Å². The predicted molar refractivity (Wildman–Crippen MR) is 117 cm³/mol. The minimum absolute atomic E-state index is 0.00236. The summed E-state index contributed by atoms with van der Waals surface area (Å²) in [6, 6.07) is 2.76. The van der Waals surface area contributed by atoms with Crippen LogP contribution in [0.4, 0.5) is 4.79 Å². The van der Waals surface area contributed by atoms with E-state index < -0.39 is 23.9 Å². The minimum Gasteiger partial charge on any atom is -0.480 e. The van der Waals surface area contributed by atoms with Crippen molar-refractivity contribution in [2.24, 2.45) is 17.8 Å². The molecule has 4 aliphatic carbocycles. The third kappa shape index (κ3) is 4.99. The molecule has 166 valence electrons. The van der Waals surface area contributed by atoms with E-state index in [1.165, 1.54) is 24.1 Å². The molecule has 9 heteroatoms. The van der Waals surface area contributed by atoms with Crippen LogP contribution in [0.3, 0.4) is 0 Å². The number of fused-ring (bicyclic) bond motifs is 1. The monoisotopic (exact) mass is 465 g/mol. The standard InChI is InChI=1S/C22H25Cl2N3O4/c23-15-2-1-3-16(24)19(15)20(28)26-18(21(29)30)10-25-22(31)27-17-9-13-5-11-4-12(6-13)8-14(17)7-11/h1-3,9,11-12,14,17-18H,4-8,10H2,(H,26,28)(H,29,30)(H2,25,27,31)/t11?,12?,14?,17?,18-/m0/s1. The zero-order chi connectivity index (χ0) is 22.1. The lowest BCUT2D eigenvalue weighted by Gasteiger charge is -2.38. The first-order valence-corrected chi connectivity index (χ1v) is 11.3. The summed E-state index contributed by atoms with van der Waals surface area (Å²) in [5.74, 6) is -0.119. The molecule has 5 rings (SSSR count). The maximum Gasteiger partial charge on any atom is 0.328 e. The van der Waals surface area contributed by atoms with Gasteiger partial charge in [-0.3, -0.25) is 4.79 Å². The lowest BCUT2D eigenvalue weighted by Crippen LogP contribution is -2.52. The molecule has 31 heavy (non-hydrogen) atoms. The SMILES string of the molecule is O=C(NC[C@H](NC(=O)c1c(Cl)cccc1Cl)C(=O)O)NC1C=C2CC3CC(C2)CC1C3. The van der Waals surface area contributed by atoms with Crippen LogP contribution in [0.25, 0.3) is 0 Å². The number of carboxylic acid groups (broad SMARTS) is 1. The smallest absolute Gasteiger partial charge is 0.328 e. The van der Waals surface area contributed by atoms with Crippen LogP contribution in [0, 0.1) is 17.8 Å². The first-order chi connectivity index (χ1) is 14.8. The molecule has 0 saturated heterocycles. The summed E-state index contributed by atoms with van der Waals surface area (Å²) in [5, 5.41) is 17.7. The number of nitrogens with one attached hydrogen (secondary N) is 3. The van der Waals surface area contributed by atoms with Gasteiger partial charge < -0.3 is 21.1 Å². The number of hydrogen-bond donors (Lipinski definition) is 4. The summed E-state index contributed by atoms with van der Waals surface area (Å²) in [4.78, 5) is 36.6. The van der Waals surface area contributed by atoms with E-state index in [0.29, 0.717) is 5.92 Å². The van der Waals surface area contributed by atoms with Crippen LogP contribution in [0.2, 0.25) is 10.0 Å². The Morgan fingerprint density at radius 3 is 2.32 bits per heavy atom. The van der Waals surface area contributed by atoms with Gasteiger partial charge >= 0.3 is 12.0 Å². The van der Waals surface area contributed by atoms with E-state index in [2.05, 4.69) is 22.0 Å². The second-order valence-corrected chi connectivity index (χ2v) is 9.59. The van der Waals surface area contributed by atoms with E-state index in [1.54, 1.807) is 6.07 Å². The third-order valence-electron chi connectivity index (χ3n) is 6.52. The Hall–Kier alpha value is -2.25. The Bertz CT molecular complexity index is 899. The Morgan fingerprint density at radius 1 is 1.06 bits per heavy atom. The van der Waals surface area contributed by atoms with Crippen LogP contribution >= 0.6 is 23.2 Å². The molecule has 1 aromatic rings. The molecule has 4 atom stereocenters. The van der Waals surface area contributed by atoms with Crippen LogP contribution in [0.15, 0.2) is 29.8 Å². The molecule has 4 N–H and O–H groups in total. The highest BCUT2D eigenvalue weighted by atomic mass is 35.5. The van der Waals surface area contributed by atoms with Crippen LogP contribution < -0.4 is 16.0 Å². The number of urea groups is 1. The number of halogens is 2. The zero-order valence-corrected chi connectivity index (χ0v) is 18.4. The maximum absolute atomic E-state index is 12.5. The Morgan fingerprint density at radius 2 is 1.71 bits per heavy atom. The Labute approximate surface area is 190 Å². The summed E-state index contributed by atoms with van der Waals surface area (Å²) in [7, 11) is 0. The normalized spacial score (nSPS) is 27.1. The van der Waals surface area contributed by atoms with Crippen LogP contribution in [0.1, 0.15) is 42.5 Å². The molecule has 2 fully saturated rings. The Balaban J connectivity index is 1.34. The number of carbonyl (C=O) groups is 3. The van der Waals surface area contributed by atoms with Crippen molar-refractivity contribution in [1.29, 1.82) is 0 Å². The number of aliphatic carboxylic acids is 1. The van der Waals surface area contributed by atoms with Gasteiger partial charge in [0.15, 0.2) is 0 Å². The van der Waals surface area contributed by atoms with E-state index in [9.17, 15) is 19.5 Å². The second-order valence-electron chi connectivity index (χ2n) is 8.77. The van der Waals surface area contributed by atoms with E-state index in [4.69, 9.17) is 23.2 Å². The molecule has 3 amide bonds. The van der Waals surface area contributed by atoms with Gasteiger partial charge in [0.05, 0.1) is 28.2 Å². The number of allylic oxidation sites excluding steroid dienone is 1. The lowest BCUT2D eigenvalue weighted by atomic mass is 9.68. The molecule has 4 aliphatic rings. The topological polar surface area (TPSA) is 108 Å². The second kappa shape index (κ2) is 9.09. The first kappa shape index (κ1) is 22.0. The molecule has 0 heterocycles. The van der Waals surface area contributed by atoms with Gasteiger partial charge in [-0.1, -0.05) is 40.9 Å². The molecule has 0 aliphatic heterocycles. The molecule has 0 spiro atoms. The van der Waals surface area contributed by atoms with Crippen molar-refractivity contribution in [2.45, 2.75) is 44.2 Å². The first-order valence-electron chi connectivity index (χ1n) is 10.5. The summed E-state index contributed by atoms with van der Waals surface area (Å²) >= 11 is 12.0. The van der Waals surface area contributed by atoms with Crippen molar-refractivity contribution in [2.75, 3.05) is 6.54 Å². The lowest BCUT2D eigenvalue weighted by molar-refractivity contribution is -0.139. The summed E-state index contributed by atoms with van der Waals surface area (Å²) < 4.78 is 0. The van der Waals surface area contributed by atoms with E-state index in [1.807, 2.05) is 0 Å². The highest BCUT2D eigenvalue weighted by Gasteiger charge is 2.40. The van der Waals surface area contributed by atoms with Gasteiger partial charge in [-0.2, -0.15) is 0 Å². The average molecular weight is 466 g/mol. The average Bonchev–Trinajstić information content (AvgIpc) is 2.87. The molecule has 0 aromatic heterocycles. The minimum atomic E-state index is -1.33. The van der Waals surface area contributed by atoms with Gasteiger partial charge in [0.2, 0.25) is 0 Å². The van der Waals surface area contributed by atoms with Crippen molar-refractivity contribution < 1.29 is 19.5 Å². The third-order valence-corrected chi connectivity index (χ3v) is 7.15. The van der Waals surface area contributed by atoms with Gasteiger partial charge in [-0.05, 0) is 62.0 Å². The fourth-order valence-corrected chi connectivity index (χ4v) is 5.86. The number of carboxylic acids is 1. The predicted octanol–water partition coefficient (Wildman–Crippen LogP) is 3.61. The fraction of sp³-hybridized carbons (Fsp3) is 0.500. The summed E-state index contributed by atoms with van der Waals surface area (Å²) in [5.41, 5.74) is 1.43.